The Kier molecular flexibility index (Phi) is 4.17. The molecule has 4 bridgehead atoms. The van der Waals surface area contributed by atoms with Crippen molar-refractivity contribution in [2.24, 2.45) is 17.8 Å². The minimum Gasteiger partial charge on any atom is -0.350 e. The van der Waals surface area contributed by atoms with Gasteiger partial charge < -0.3 is 10.2 Å². The second-order valence-electron chi connectivity index (χ2n) is 9.20. The number of carbonyl (C=O) groups is 1. The molecular formula is C19H33N3O. The number of rotatable bonds is 4. The molecule has 5 aliphatic rings. The van der Waals surface area contributed by atoms with Gasteiger partial charge in [0, 0.05) is 11.6 Å². The molecule has 0 aromatic carbocycles. The molecule has 4 saturated carbocycles. The first-order chi connectivity index (χ1) is 11.0. The van der Waals surface area contributed by atoms with Crippen molar-refractivity contribution >= 4 is 5.91 Å². The van der Waals surface area contributed by atoms with Crippen molar-refractivity contribution in [2.45, 2.75) is 62.9 Å². The molecule has 0 spiro atoms. The summed E-state index contributed by atoms with van der Waals surface area (Å²) in [6, 6.07) is 0.577. The van der Waals surface area contributed by atoms with Crippen LogP contribution in [-0.4, -0.2) is 61.0 Å². The van der Waals surface area contributed by atoms with Crippen LogP contribution in [0.15, 0.2) is 0 Å². The molecular weight excluding hydrogens is 286 g/mol. The van der Waals surface area contributed by atoms with Crippen LogP contribution in [0.5, 0.6) is 0 Å². The van der Waals surface area contributed by atoms with Gasteiger partial charge in [-0.3, -0.25) is 9.69 Å². The molecule has 0 atom stereocenters. The summed E-state index contributed by atoms with van der Waals surface area (Å²) in [5.74, 6) is 2.96. The van der Waals surface area contributed by atoms with E-state index >= 15 is 0 Å². The third-order valence-electron chi connectivity index (χ3n) is 7.15. The quantitative estimate of drug-likeness (QED) is 0.862. The number of hydrogen-bond acceptors (Lipinski definition) is 3. The van der Waals surface area contributed by atoms with Crippen LogP contribution in [0.4, 0.5) is 0 Å². The SMILES string of the molecule is CN1CCC(N(C)CC(=O)NC23CC4CC(CC(C4)C2)C3)CC1. The van der Waals surface area contributed by atoms with E-state index in [4.69, 9.17) is 0 Å². The molecule has 1 aliphatic heterocycles. The molecule has 23 heavy (non-hydrogen) atoms. The van der Waals surface area contributed by atoms with Gasteiger partial charge in [0.15, 0.2) is 0 Å². The predicted molar refractivity (Wildman–Crippen MR) is 92.2 cm³/mol. The summed E-state index contributed by atoms with van der Waals surface area (Å²) in [6.07, 6.45) is 10.4. The molecule has 130 valence electrons. The Hall–Kier alpha value is -0.610. The fourth-order valence-corrected chi connectivity index (χ4v) is 6.39. The molecule has 4 aliphatic carbocycles. The van der Waals surface area contributed by atoms with Crippen LogP contribution in [0.2, 0.25) is 0 Å². The van der Waals surface area contributed by atoms with Crippen molar-refractivity contribution in [3.8, 4) is 0 Å². The summed E-state index contributed by atoms with van der Waals surface area (Å²) in [5, 5.41) is 3.51. The number of likely N-dealkylation sites (tertiary alicyclic amines) is 1. The first kappa shape index (κ1) is 15.9. The van der Waals surface area contributed by atoms with E-state index in [0.29, 0.717) is 12.6 Å². The van der Waals surface area contributed by atoms with Crippen molar-refractivity contribution in [2.75, 3.05) is 33.7 Å². The van der Waals surface area contributed by atoms with Gasteiger partial charge in [0.05, 0.1) is 6.54 Å². The molecule has 1 N–H and O–H groups in total. The zero-order valence-electron chi connectivity index (χ0n) is 14.9. The lowest BCUT2D eigenvalue weighted by Crippen LogP contribution is -2.61. The second kappa shape index (κ2) is 6.03. The first-order valence-corrected chi connectivity index (χ1v) is 9.71. The molecule has 1 saturated heterocycles. The van der Waals surface area contributed by atoms with Gasteiger partial charge in [0.25, 0.3) is 0 Å². The monoisotopic (exact) mass is 319 g/mol. The lowest BCUT2D eigenvalue weighted by Gasteiger charge is -2.57. The molecule has 0 aromatic heterocycles. The maximum Gasteiger partial charge on any atom is 0.234 e. The lowest BCUT2D eigenvalue weighted by molar-refractivity contribution is -0.128. The molecule has 0 aromatic rings. The van der Waals surface area contributed by atoms with Crippen LogP contribution in [0.3, 0.4) is 0 Å². The Morgan fingerprint density at radius 2 is 1.61 bits per heavy atom. The minimum atomic E-state index is 0.166. The van der Waals surface area contributed by atoms with Gasteiger partial charge in [0.1, 0.15) is 0 Å². The van der Waals surface area contributed by atoms with Gasteiger partial charge in [-0.05, 0) is 96.3 Å². The summed E-state index contributed by atoms with van der Waals surface area (Å²) in [7, 11) is 4.32. The molecule has 1 amide bonds. The van der Waals surface area contributed by atoms with Crippen LogP contribution in [0.25, 0.3) is 0 Å². The molecule has 5 rings (SSSR count). The van der Waals surface area contributed by atoms with Gasteiger partial charge in [0.2, 0.25) is 5.91 Å². The summed E-state index contributed by atoms with van der Waals surface area (Å²) >= 11 is 0. The van der Waals surface area contributed by atoms with E-state index in [9.17, 15) is 4.79 Å². The fraction of sp³-hybridized carbons (Fsp3) is 0.947. The fourth-order valence-electron chi connectivity index (χ4n) is 6.39. The Morgan fingerprint density at radius 3 is 2.13 bits per heavy atom. The second-order valence-corrected chi connectivity index (χ2v) is 9.20. The standard InChI is InChI=1S/C19H33N3O/c1-21-5-3-17(4-6-21)22(2)13-18(23)20-19-10-14-7-15(11-19)9-16(8-14)12-19/h14-17H,3-13H2,1-2H3,(H,20,23). The zero-order chi connectivity index (χ0) is 16.0. The van der Waals surface area contributed by atoms with Crippen molar-refractivity contribution in [3.63, 3.8) is 0 Å². The molecule has 4 heteroatoms. The highest BCUT2D eigenvalue weighted by Crippen LogP contribution is 2.55. The summed E-state index contributed by atoms with van der Waals surface area (Å²) in [5.41, 5.74) is 0.166. The van der Waals surface area contributed by atoms with Crippen LogP contribution < -0.4 is 5.32 Å². The highest BCUT2D eigenvalue weighted by molar-refractivity contribution is 5.79. The van der Waals surface area contributed by atoms with E-state index in [1.807, 2.05) is 0 Å². The topological polar surface area (TPSA) is 35.6 Å². The van der Waals surface area contributed by atoms with E-state index in [1.54, 1.807) is 0 Å². The van der Waals surface area contributed by atoms with Gasteiger partial charge in [-0.2, -0.15) is 0 Å². The Balaban J connectivity index is 1.31. The number of hydrogen-bond donors (Lipinski definition) is 1. The lowest BCUT2D eigenvalue weighted by atomic mass is 9.53. The van der Waals surface area contributed by atoms with Crippen molar-refractivity contribution in [3.05, 3.63) is 0 Å². The predicted octanol–water partition coefficient (Wildman–Crippen LogP) is 2.10. The maximum absolute atomic E-state index is 12.7. The zero-order valence-corrected chi connectivity index (χ0v) is 14.9. The van der Waals surface area contributed by atoms with Gasteiger partial charge in [-0.1, -0.05) is 0 Å². The third kappa shape index (κ3) is 3.30. The molecule has 0 unspecified atom stereocenters. The van der Waals surface area contributed by atoms with Crippen molar-refractivity contribution in [1.82, 2.24) is 15.1 Å². The van der Waals surface area contributed by atoms with E-state index < -0.39 is 0 Å². The van der Waals surface area contributed by atoms with E-state index in [2.05, 4.69) is 29.2 Å². The number of likely N-dealkylation sites (N-methyl/N-ethyl adjacent to an activating group) is 1. The van der Waals surface area contributed by atoms with Crippen LogP contribution >= 0.6 is 0 Å². The minimum absolute atomic E-state index is 0.166. The first-order valence-electron chi connectivity index (χ1n) is 9.71. The smallest absolute Gasteiger partial charge is 0.234 e. The van der Waals surface area contributed by atoms with E-state index in [-0.39, 0.29) is 11.4 Å². The average Bonchev–Trinajstić information content (AvgIpc) is 2.45. The Labute approximate surface area is 141 Å². The molecule has 1 heterocycles. The number of amides is 1. The summed E-state index contributed by atoms with van der Waals surface area (Å²) < 4.78 is 0. The van der Waals surface area contributed by atoms with Crippen LogP contribution in [0, 0.1) is 17.8 Å². The summed E-state index contributed by atoms with van der Waals surface area (Å²) in [4.78, 5) is 17.4. The van der Waals surface area contributed by atoms with Crippen LogP contribution in [0.1, 0.15) is 51.4 Å². The van der Waals surface area contributed by atoms with E-state index in [1.165, 1.54) is 51.4 Å². The number of nitrogens with zero attached hydrogens (tertiary/aromatic N) is 2. The normalized spacial score (nSPS) is 40.7. The Bertz CT molecular complexity index is 420. The van der Waals surface area contributed by atoms with Gasteiger partial charge in [-0.15, -0.1) is 0 Å². The van der Waals surface area contributed by atoms with Crippen molar-refractivity contribution < 1.29 is 4.79 Å². The number of nitrogens with one attached hydrogen (secondary N) is 1. The molecule has 4 nitrogen and oxygen atoms in total. The Morgan fingerprint density at radius 1 is 1.09 bits per heavy atom. The molecule has 5 fully saturated rings. The third-order valence-corrected chi connectivity index (χ3v) is 7.15. The average molecular weight is 319 g/mol. The highest BCUT2D eigenvalue weighted by atomic mass is 16.2. The van der Waals surface area contributed by atoms with Gasteiger partial charge >= 0.3 is 0 Å². The largest absolute Gasteiger partial charge is 0.350 e. The number of piperidine rings is 1. The number of carbonyl (C=O) groups excluding carboxylic acids is 1. The highest BCUT2D eigenvalue weighted by Gasteiger charge is 2.51. The maximum atomic E-state index is 12.7. The molecule has 0 radical (unpaired) electrons. The summed E-state index contributed by atoms with van der Waals surface area (Å²) in [6.45, 7) is 2.90. The van der Waals surface area contributed by atoms with Crippen LogP contribution in [-0.2, 0) is 4.79 Å². The van der Waals surface area contributed by atoms with Gasteiger partial charge in [-0.25, -0.2) is 0 Å². The van der Waals surface area contributed by atoms with Crippen molar-refractivity contribution in [1.29, 1.82) is 0 Å². The van der Waals surface area contributed by atoms with E-state index in [0.717, 1.165) is 30.8 Å².